The fourth-order valence-corrected chi connectivity index (χ4v) is 7.97. The fourth-order valence-electron chi connectivity index (χ4n) is 7.97. The van der Waals surface area contributed by atoms with Gasteiger partial charge in [0.05, 0.1) is 0 Å². The average Bonchev–Trinajstić information content (AvgIpc) is 3.91. The lowest BCUT2D eigenvalue weighted by Gasteiger charge is -2.31. The molecule has 1 aromatic heterocycles. The first kappa shape index (κ1) is 46.6. The summed E-state index contributed by atoms with van der Waals surface area (Å²) in [5, 5.41) is 17.9. The van der Waals surface area contributed by atoms with Gasteiger partial charge in [0.25, 0.3) is 0 Å². The van der Waals surface area contributed by atoms with E-state index in [1.807, 2.05) is 61.5 Å². The number of aromatic amines is 1. The summed E-state index contributed by atoms with van der Waals surface area (Å²) in [7, 11) is 0. The van der Waals surface area contributed by atoms with Crippen LogP contribution in [0.3, 0.4) is 0 Å². The molecule has 11 N–H and O–H groups in total. The molecule has 2 saturated heterocycles. The Morgan fingerprint density at radius 3 is 2.26 bits per heavy atom. The fraction of sp³-hybridized carbons (Fsp3) is 0.500. The van der Waals surface area contributed by atoms with Crippen molar-refractivity contribution in [2.45, 2.75) is 121 Å². The maximum absolute atomic E-state index is 14.5. The summed E-state index contributed by atoms with van der Waals surface area (Å²) >= 11 is 0. The third-order valence-corrected chi connectivity index (χ3v) is 11.2. The van der Waals surface area contributed by atoms with E-state index >= 15 is 0 Å². The van der Waals surface area contributed by atoms with Crippen LogP contribution in [0.15, 0.2) is 65.8 Å². The number of H-pyrrole nitrogens is 1. The van der Waals surface area contributed by atoms with Crippen LogP contribution in [0.5, 0.6) is 0 Å². The highest BCUT2D eigenvalue weighted by Gasteiger charge is 2.40. The molecule has 2 aliphatic heterocycles. The Balaban J connectivity index is 1.45. The molecular weight excluding hydrogens is 795 g/mol. The van der Waals surface area contributed by atoms with E-state index in [-0.39, 0.29) is 64.1 Å². The number of nitrogens with one attached hydrogen (secondary N) is 7. The van der Waals surface area contributed by atoms with Crippen LogP contribution in [-0.4, -0.2) is 113 Å². The van der Waals surface area contributed by atoms with Gasteiger partial charge in [-0.3, -0.25) is 38.6 Å². The molecule has 2 fully saturated rings. The van der Waals surface area contributed by atoms with Gasteiger partial charge in [-0.15, -0.1) is 0 Å². The summed E-state index contributed by atoms with van der Waals surface area (Å²) in [6.45, 7) is 3.75. The molecule has 18 heteroatoms. The van der Waals surface area contributed by atoms with E-state index in [9.17, 15) is 33.6 Å². The van der Waals surface area contributed by atoms with E-state index in [0.29, 0.717) is 32.1 Å². The molecular formula is C44H61N11O7. The Labute approximate surface area is 361 Å². The smallest absolute Gasteiger partial charge is 0.245 e. The van der Waals surface area contributed by atoms with Gasteiger partial charge in [0.15, 0.2) is 5.96 Å². The van der Waals surface area contributed by atoms with E-state index in [4.69, 9.17) is 11.5 Å². The monoisotopic (exact) mass is 855 g/mol. The van der Waals surface area contributed by atoms with Crippen molar-refractivity contribution < 1.29 is 33.6 Å². The predicted octanol–water partition coefficient (Wildman–Crippen LogP) is 0.542. The Morgan fingerprint density at radius 2 is 1.52 bits per heavy atom. The second kappa shape index (κ2) is 22.9. The maximum Gasteiger partial charge on any atom is 0.245 e. The van der Waals surface area contributed by atoms with Crippen LogP contribution in [0.2, 0.25) is 0 Å². The molecule has 2 aromatic carbocycles. The third-order valence-electron chi connectivity index (χ3n) is 11.2. The summed E-state index contributed by atoms with van der Waals surface area (Å²) in [6.07, 6.45) is 5.18. The molecule has 1 unspecified atom stereocenters. The molecule has 6 atom stereocenters. The molecule has 0 bridgehead atoms. The Kier molecular flexibility index (Phi) is 17.2. The first-order chi connectivity index (χ1) is 29.8. The van der Waals surface area contributed by atoms with Gasteiger partial charge in [-0.25, -0.2) is 0 Å². The number of carbonyl (C=O) groups excluding carboxylic acids is 7. The maximum atomic E-state index is 14.5. The number of unbranched alkanes of at least 4 members (excludes halogenated alkanes) is 1. The SMILES string of the molecule is CCCC[C@H]1NC(=O)[C@@H]2CCCN2C(=O)C(NC(=O)[C@H](Cc2ccccc2)NC(C)=O)CCCNC(=O)[C@H](CCCN=C(N)N)NC(=O)[C@H](Cc2c[nH]c3ccccc23)NC1=O. The van der Waals surface area contributed by atoms with Gasteiger partial charge in [-0.2, -0.15) is 0 Å². The van der Waals surface area contributed by atoms with Crippen LogP contribution in [0.1, 0.15) is 82.8 Å². The van der Waals surface area contributed by atoms with Gasteiger partial charge in [0.2, 0.25) is 41.4 Å². The van der Waals surface area contributed by atoms with E-state index < -0.39 is 77.6 Å². The van der Waals surface area contributed by atoms with Crippen molar-refractivity contribution in [1.29, 1.82) is 0 Å². The number of rotatable bonds is 14. The number of aromatic nitrogens is 1. The standard InChI is InChI=1S/C44H61N11O7/c1-3-4-16-33-39(58)54-36(25-29-26-49-31-17-9-8-15-30(29)31)41(60)51-32(18-10-22-48-44(45)46)38(57)47-21-11-19-34(43(62)55-23-12-20-37(55)42(61)52-33)53-40(59)35(50-27(2)56)24-28-13-6-5-7-14-28/h5-9,13-15,17,26,32-37,49H,3-4,10-12,16,18-25H2,1-2H3,(H,47,57)(H,50,56)(H,51,60)(H,52,61)(H,53,59)(H,54,58)(H4,45,46,48)/t32-,33+,34?,35-,36-,37-/m0/s1. The highest BCUT2D eigenvalue weighted by molar-refractivity contribution is 5.98. The first-order valence-electron chi connectivity index (χ1n) is 21.6. The van der Waals surface area contributed by atoms with Gasteiger partial charge < -0.3 is 53.3 Å². The van der Waals surface area contributed by atoms with E-state index in [0.717, 1.165) is 22.0 Å². The zero-order valence-electron chi connectivity index (χ0n) is 35.5. The van der Waals surface area contributed by atoms with Gasteiger partial charge in [0, 0.05) is 56.5 Å². The van der Waals surface area contributed by atoms with Crippen LogP contribution in [0, 0.1) is 0 Å². The van der Waals surface area contributed by atoms with Crippen LogP contribution in [-0.2, 0) is 46.4 Å². The Morgan fingerprint density at radius 1 is 0.839 bits per heavy atom. The minimum absolute atomic E-state index is 0.0659. The topological polar surface area (TPSA) is 275 Å². The van der Waals surface area contributed by atoms with Gasteiger partial charge in [0.1, 0.15) is 36.3 Å². The molecule has 0 saturated carbocycles. The van der Waals surface area contributed by atoms with Gasteiger partial charge in [-0.05, 0) is 62.1 Å². The van der Waals surface area contributed by atoms with Crippen molar-refractivity contribution >= 4 is 58.2 Å². The lowest BCUT2D eigenvalue weighted by Crippen LogP contribution is -2.60. The second-order valence-corrected chi connectivity index (χ2v) is 16.0. The van der Waals surface area contributed by atoms with Crippen molar-refractivity contribution in [1.82, 2.24) is 41.8 Å². The van der Waals surface area contributed by atoms with Crippen LogP contribution in [0.25, 0.3) is 10.9 Å². The van der Waals surface area contributed by atoms with Crippen LogP contribution >= 0.6 is 0 Å². The lowest BCUT2D eigenvalue weighted by molar-refractivity contribution is -0.142. The van der Waals surface area contributed by atoms with Crippen molar-refractivity contribution in [2.75, 3.05) is 19.6 Å². The first-order valence-corrected chi connectivity index (χ1v) is 21.6. The number of para-hydroxylation sites is 1. The summed E-state index contributed by atoms with van der Waals surface area (Å²) in [6, 6.07) is 10.4. The van der Waals surface area contributed by atoms with E-state index in [1.165, 1.54) is 11.8 Å². The number of nitrogens with zero attached hydrogens (tertiary/aromatic N) is 2. The van der Waals surface area contributed by atoms with Crippen LogP contribution in [0.4, 0.5) is 0 Å². The van der Waals surface area contributed by atoms with Crippen LogP contribution < -0.4 is 43.4 Å². The number of amides is 7. The number of nitrogens with two attached hydrogens (primary N) is 2. The molecule has 0 radical (unpaired) electrons. The quantitative estimate of drug-likeness (QED) is 0.0621. The molecule has 3 aromatic rings. The molecule has 62 heavy (non-hydrogen) atoms. The average molecular weight is 856 g/mol. The number of guanidine groups is 1. The van der Waals surface area contributed by atoms with Gasteiger partial charge in [-0.1, -0.05) is 68.3 Å². The molecule has 0 spiro atoms. The summed E-state index contributed by atoms with van der Waals surface area (Å²) < 4.78 is 0. The normalized spacial score (nSPS) is 22.2. The van der Waals surface area contributed by atoms with E-state index in [2.05, 4.69) is 41.9 Å². The number of carbonyl (C=O) groups is 7. The Hall–Kier alpha value is -6.46. The molecule has 0 aliphatic carbocycles. The van der Waals surface area contributed by atoms with Crippen molar-refractivity contribution in [3.8, 4) is 0 Å². The summed E-state index contributed by atoms with van der Waals surface area (Å²) in [5.41, 5.74) is 13.4. The van der Waals surface area contributed by atoms with Crippen molar-refractivity contribution in [3.63, 3.8) is 0 Å². The minimum Gasteiger partial charge on any atom is -0.370 e. The van der Waals surface area contributed by atoms with E-state index in [1.54, 1.807) is 6.20 Å². The molecule has 5 rings (SSSR count). The number of hydrogen-bond acceptors (Lipinski definition) is 8. The largest absolute Gasteiger partial charge is 0.370 e. The molecule has 3 heterocycles. The number of hydrogen-bond donors (Lipinski definition) is 9. The highest BCUT2D eigenvalue weighted by atomic mass is 16.2. The number of benzene rings is 2. The lowest BCUT2D eigenvalue weighted by atomic mass is 10.0. The zero-order valence-corrected chi connectivity index (χ0v) is 35.5. The number of aliphatic imine (C=N–C) groups is 1. The Bertz CT molecular complexity index is 2070. The summed E-state index contributed by atoms with van der Waals surface area (Å²) in [4.78, 5) is 106. The molecule has 7 amide bonds. The second-order valence-electron chi connectivity index (χ2n) is 16.0. The predicted molar refractivity (Wildman–Crippen MR) is 234 cm³/mol. The third kappa shape index (κ3) is 13.3. The molecule has 334 valence electrons. The zero-order chi connectivity index (χ0) is 44.6. The minimum atomic E-state index is -1.15. The molecule has 2 aliphatic rings. The van der Waals surface area contributed by atoms with Crippen molar-refractivity contribution in [2.24, 2.45) is 16.5 Å². The molecule has 18 nitrogen and oxygen atoms in total. The van der Waals surface area contributed by atoms with Crippen molar-refractivity contribution in [3.05, 3.63) is 71.9 Å². The number of fused-ring (bicyclic) bond motifs is 2. The summed E-state index contributed by atoms with van der Waals surface area (Å²) in [5.74, 6) is -3.86. The van der Waals surface area contributed by atoms with Gasteiger partial charge >= 0.3 is 0 Å². The highest BCUT2D eigenvalue weighted by Crippen LogP contribution is 2.22.